The van der Waals surface area contributed by atoms with Gasteiger partial charge >= 0.3 is 6.18 Å². The van der Waals surface area contributed by atoms with Crippen molar-refractivity contribution in [2.75, 3.05) is 18.9 Å². The average Bonchev–Trinajstić information content (AvgIpc) is 2.60. The number of hydrogen-bond donors (Lipinski definition) is 1. The molecule has 0 saturated heterocycles. The number of alkyl halides is 3. The van der Waals surface area contributed by atoms with Gasteiger partial charge in [-0.2, -0.15) is 13.2 Å². The number of hydrogen-bond acceptors (Lipinski definition) is 4. The quantitative estimate of drug-likeness (QED) is 0.777. The number of benzene rings is 1. The summed E-state index contributed by atoms with van der Waals surface area (Å²) in [5.41, 5.74) is -0.515. The first-order chi connectivity index (χ1) is 12.2. The Morgan fingerprint density at radius 3 is 2.50 bits per heavy atom. The van der Waals surface area contributed by atoms with Crippen LogP contribution >= 0.6 is 11.6 Å². The first-order valence-corrected chi connectivity index (χ1v) is 8.31. The van der Waals surface area contributed by atoms with E-state index < -0.39 is 11.7 Å². The Labute approximate surface area is 154 Å². The van der Waals surface area contributed by atoms with Crippen LogP contribution in [0.4, 0.5) is 24.8 Å². The van der Waals surface area contributed by atoms with Gasteiger partial charge in [0.2, 0.25) is 5.95 Å². The van der Waals surface area contributed by atoms with Crippen molar-refractivity contribution >= 4 is 29.1 Å². The fourth-order valence-corrected chi connectivity index (χ4v) is 2.30. The molecule has 1 N–H and O–H groups in total. The molecule has 140 valence electrons. The number of nitrogens with zero attached hydrogens (tertiary/aromatic N) is 3. The summed E-state index contributed by atoms with van der Waals surface area (Å²) in [6, 6.07) is 2.92. The minimum absolute atomic E-state index is 0.0284. The first-order valence-electron chi connectivity index (χ1n) is 7.93. The predicted molar refractivity (Wildman–Crippen MR) is 93.6 cm³/mol. The maximum absolute atomic E-state index is 12.8. The fourth-order valence-electron chi connectivity index (χ4n) is 2.14. The molecule has 0 aliphatic carbocycles. The van der Waals surface area contributed by atoms with Gasteiger partial charge in [0.25, 0.3) is 5.91 Å². The zero-order chi connectivity index (χ0) is 19.3. The Kier molecular flexibility index (Phi) is 6.42. The van der Waals surface area contributed by atoms with E-state index in [0.717, 1.165) is 31.0 Å². The number of carbonyl (C=O) groups excluding carboxylic acids is 1. The lowest BCUT2D eigenvalue weighted by atomic mass is 10.2. The van der Waals surface area contributed by atoms with Crippen LogP contribution in [-0.2, 0) is 6.18 Å². The molecular weight excluding hydrogens is 369 g/mol. The SMILES string of the molecule is CCCCN(C)C(=O)c1cnc(Nc2cc(C(F)(F)F)ccc2Cl)nc1. The highest BCUT2D eigenvalue weighted by atomic mass is 35.5. The summed E-state index contributed by atoms with van der Waals surface area (Å²) in [5, 5.41) is 2.73. The number of nitrogens with one attached hydrogen (secondary N) is 1. The molecule has 5 nitrogen and oxygen atoms in total. The van der Waals surface area contributed by atoms with Crippen LogP contribution in [0.3, 0.4) is 0 Å². The molecule has 0 radical (unpaired) electrons. The summed E-state index contributed by atoms with van der Waals surface area (Å²) in [6.45, 7) is 2.65. The third kappa shape index (κ3) is 5.08. The molecule has 0 fully saturated rings. The maximum Gasteiger partial charge on any atom is 0.416 e. The summed E-state index contributed by atoms with van der Waals surface area (Å²) >= 11 is 5.92. The van der Waals surface area contributed by atoms with Gasteiger partial charge in [0, 0.05) is 26.0 Å². The predicted octanol–water partition coefficient (Wildman–Crippen LogP) is 4.76. The van der Waals surface area contributed by atoms with Crippen LogP contribution in [0.5, 0.6) is 0 Å². The highest BCUT2D eigenvalue weighted by Gasteiger charge is 2.31. The Balaban J connectivity index is 2.13. The molecule has 0 bridgehead atoms. The lowest BCUT2D eigenvalue weighted by Crippen LogP contribution is -2.27. The van der Waals surface area contributed by atoms with Crippen molar-refractivity contribution < 1.29 is 18.0 Å². The largest absolute Gasteiger partial charge is 0.416 e. The van der Waals surface area contributed by atoms with E-state index in [9.17, 15) is 18.0 Å². The minimum atomic E-state index is -4.48. The van der Waals surface area contributed by atoms with Crippen LogP contribution in [0, 0.1) is 0 Å². The molecule has 0 spiro atoms. The molecule has 0 aliphatic rings. The smallest absolute Gasteiger partial charge is 0.342 e. The van der Waals surface area contributed by atoms with Crippen LogP contribution in [-0.4, -0.2) is 34.4 Å². The van der Waals surface area contributed by atoms with E-state index in [0.29, 0.717) is 12.1 Å². The summed E-state index contributed by atoms with van der Waals surface area (Å²) in [5.74, 6) is -0.180. The molecule has 2 aromatic rings. The van der Waals surface area contributed by atoms with Gasteiger partial charge in [0.1, 0.15) is 0 Å². The highest BCUT2D eigenvalue weighted by molar-refractivity contribution is 6.33. The fraction of sp³-hybridized carbons (Fsp3) is 0.353. The topological polar surface area (TPSA) is 58.1 Å². The van der Waals surface area contributed by atoms with Gasteiger partial charge in [-0.3, -0.25) is 4.79 Å². The molecule has 1 aromatic heterocycles. The Morgan fingerprint density at radius 1 is 1.27 bits per heavy atom. The second-order valence-electron chi connectivity index (χ2n) is 5.69. The van der Waals surface area contributed by atoms with Gasteiger partial charge in [-0.25, -0.2) is 9.97 Å². The minimum Gasteiger partial charge on any atom is -0.342 e. The van der Waals surface area contributed by atoms with E-state index in [1.807, 2.05) is 6.92 Å². The maximum atomic E-state index is 12.8. The molecule has 26 heavy (non-hydrogen) atoms. The van der Waals surface area contributed by atoms with E-state index >= 15 is 0 Å². The molecule has 0 atom stereocenters. The molecule has 1 amide bonds. The zero-order valence-electron chi connectivity index (χ0n) is 14.3. The lowest BCUT2D eigenvalue weighted by molar-refractivity contribution is -0.137. The number of amides is 1. The number of unbranched alkanes of at least 4 members (excludes halogenated alkanes) is 1. The molecule has 2 rings (SSSR count). The summed E-state index contributed by atoms with van der Waals surface area (Å²) < 4.78 is 38.4. The van der Waals surface area contributed by atoms with Crippen molar-refractivity contribution in [2.24, 2.45) is 0 Å². The molecule has 1 heterocycles. The van der Waals surface area contributed by atoms with Crippen LogP contribution in [0.25, 0.3) is 0 Å². The normalized spacial score (nSPS) is 11.3. The van der Waals surface area contributed by atoms with Crippen molar-refractivity contribution in [1.29, 1.82) is 0 Å². The van der Waals surface area contributed by atoms with Gasteiger partial charge < -0.3 is 10.2 Å². The second kappa shape index (κ2) is 8.35. The van der Waals surface area contributed by atoms with Crippen molar-refractivity contribution in [3.05, 3.63) is 46.7 Å². The van der Waals surface area contributed by atoms with Gasteiger partial charge in [-0.05, 0) is 24.6 Å². The van der Waals surface area contributed by atoms with Crippen molar-refractivity contribution in [3.63, 3.8) is 0 Å². The van der Waals surface area contributed by atoms with E-state index in [1.165, 1.54) is 12.4 Å². The van der Waals surface area contributed by atoms with Crippen LogP contribution < -0.4 is 5.32 Å². The molecule has 0 unspecified atom stereocenters. The van der Waals surface area contributed by atoms with E-state index in [1.54, 1.807) is 11.9 Å². The standard InChI is InChI=1S/C17H18ClF3N4O/c1-3-4-7-25(2)15(26)11-9-22-16(23-10-11)24-14-8-12(17(19,20)21)5-6-13(14)18/h5-6,8-10H,3-4,7H2,1-2H3,(H,22,23,24). The number of anilines is 2. The summed E-state index contributed by atoms with van der Waals surface area (Å²) in [7, 11) is 1.69. The Hall–Kier alpha value is -2.35. The zero-order valence-corrected chi connectivity index (χ0v) is 15.0. The molecule has 1 aromatic carbocycles. The average molecular weight is 387 g/mol. The van der Waals surface area contributed by atoms with Gasteiger partial charge in [0.05, 0.1) is 21.8 Å². The van der Waals surface area contributed by atoms with E-state index in [4.69, 9.17) is 11.6 Å². The monoisotopic (exact) mass is 386 g/mol. The third-order valence-corrected chi connectivity index (χ3v) is 3.96. The summed E-state index contributed by atoms with van der Waals surface area (Å²) in [4.78, 5) is 21.7. The summed E-state index contributed by atoms with van der Waals surface area (Å²) in [6.07, 6.45) is 0.00991. The van der Waals surface area contributed by atoms with Gasteiger partial charge in [-0.1, -0.05) is 24.9 Å². The second-order valence-corrected chi connectivity index (χ2v) is 6.10. The van der Waals surface area contributed by atoms with Crippen LogP contribution in [0.15, 0.2) is 30.6 Å². The van der Waals surface area contributed by atoms with Gasteiger partial charge in [-0.15, -0.1) is 0 Å². The number of carbonyl (C=O) groups is 1. The Morgan fingerprint density at radius 2 is 1.92 bits per heavy atom. The Bertz CT molecular complexity index is 766. The number of aromatic nitrogens is 2. The van der Waals surface area contributed by atoms with Gasteiger partial charge in [0.15, 0.2) is 0 Å². The number of rotatable bonds is 6. The van der Waals surface area contributed by atoms with Crippen molar-refractivity contribution in [2.45, 2.75) is 25.9 Å². The van der Waals surface area contributed by atoms with Crippen molar-refractivity contribution in [1.82, 2.24) is 14.9 Å². The molecule has 0 aliphatic heterocycles. The molecule has 0 saturated carbocycles. The highest BCUT2D eigenvalue weighted by Crippen LogP contribution is 2.34. The van der Waals surface area contributed by atoms with E-state index in [-0.39, 0.29) is 22.6 Å². The van der Waals surface area contributed by atoms with Crippen LogP contribution in [0.1, 0.15) is 35.7 Å². The first kappa shape index (κ1) is 20.0. The third-order valence-electron chi connectivity index (χ3n) is 3.63. The number of halogens is 4. The molecular formula is C17H18ClF3N4O. The van der Waals surface area contributed by atoms with E-state index in [2.05, 4.69) is 15.3 Å². The van der Waals surface area contributed by atoms with Crippen molar-refractivity contribution in [3.8, 4) is 0 Å². The lowest BCUT2D eigenvalue weighted by Gasteiger charge is -2.16. The van der Waals surface area contributed by atoms with Crippen LogP contribution in [0.2, 0.25) is 5.02 Å². The molecule has 9 heteroatoms.